The van der Waals surface area contributed by atoms with Crippen molar-refractivity contribution in [2.45, 2.75) is 44.8 Å². The van der Waals surface area contributed by atoms with Crippen LogP contribution in [-0.2, 0) is 4.79 Å². The Morgan fingerprint density at radius 3 is 2.33 bits per heavy atom. The van der Waals surface area contributed by atoms with Gasteiger partial charge < -0.3 is 11.1 Å². The van der Waals surface area contributed by atoms with Gasteiger partial charge in [0.15, 0.2) is 0 Å². The van der Waals surface area contributed by atoms with Crippen LogP contribution in [0.25, 0.3) is 0 Å². The molecule has 1 saturated heterocycles. The maximum Gasteiger partial charge on any atom is 0.236 e. The van der Waals surface area contributed by atoms with E-state index in [9.17, 15) is 4.79 Å². The molecule has 1 aromatic carbocycles. The fourth-order valence-corrected chi connectivity index (χ4v) is 2.71. The van der Waals surface area contributed by atoms with Gasteiger partial charge in [-0.2, -0.15) is 0 Å². The largest absolute Gasteiger partial charge is 0.352 e. The molecule has 1 fully saturated rings. The molecule has 5 heteroatoms. The Labute approximate surface area is 133 Å². The Morgan fingerprint density at radius 2 is 1.81 bits per heavy atom. The third-order valence-corrected chi connectivity index (χ3v) is 4.12. The highest BCUT2D eigenvalue weighted by atomic mass is 35.5. The van der Waals surface area contributed by atoms with Crippen LogP contribution in [0.4, 0.5) is 0 Å². The van der Waals surface area contributed by atoms with Gasteiger partial charge in [0.1, 0.15) is 0 Å². The number of nitrogens with two attached hydrogens (primary N) is 1. The predicted octanol–water partition coefficient (Wildman–Crippen LogP) is 2.10. The normalized spacial score (nSPS) is 19.4. The summed E-state index contributed by atoms with van der Waals surface area (Å²) in [4.78, 5) is 14.1. The second kappa shape index (κ2) is 8.37. The maximum atomic E-state index is 11.6. The Hall–Kier alpha value is -1.10. The van der Waals surface area contributed by atoms with Crippen molar-refractivity contribution in [2.24, 2.45) is 5.73 Å². The Balaban J connectivity index is 0.00000220. The molecule has 1 aliphatic rings. The lowest BCUT2D eigenvalue weighted by atomic mass is 10.00. The lowest BCUT2D eigenvalue weighted by molar-refractivity contribution is -0.123. The first-order valence-corrected chi connectivity index (χ1v) is 7.43. The lowest BCUT2D eigenvalue weighted by Crippen LogP contribution is -2.49. The predicted molar refractivity (Wildman–Crippen MR) is 88.5 cm³/mol. The van der Waals surface area contributed by atoms with E-state index in [0.717, 1.165) is 25.9 Å². The van der Waals surface area contributed by atoms with Gasteiger partial charge >= 0.3 is 0 Å². The molecule has 3 N–H and O–H groups in total. The number of nitrogens with one attached hydrogen (secondary N) is 1. The zero-order valence-electron chi connectivity index (χ0n) is 12.8. The number of likely N-dealkylation sites (tertiary alicyclic amines) is 1. The van der Waals surface area contributed by atoms with Crippen LogP contribution in [0, 0.1) is 0 Å². The van der Waals surface area contributed by atoms with E-state index >= 15 is 0 Å². The van der Waals surface area contributed by atoms with Gasteiger partial charge in [-0.15, -0.1) is 12.4 Å². The quantitative estimate of drug-likeness (QED) is 0.895. The Bertz CT molecular complexity index is 430. The van der Waals surface area contributed by atoms with Gasteiger partial charge in [0.25, 0.3) is 0 Å². The number of amides is 1. The van der Waals surface area contributed by atoms with Crippen LogP contribution in [-0.4, -0.2) is 36.0 Å². The first-order valence-electron chi connectivity index (χ1n) is 7.43. The standard InChI is InChI=1S/C16H25N3O.ClH/c1-12(17)16(20)18-15-8-10-19(11-9-15)13(2)14-6-4-3-5-7-14;/h3-7,12-13,15H,8-11,17H2,1-2H3,(H,18,20);1H. The Morgan fingerprint density at radius 1 is 1.24 bits per heavy atom. The van der Waals surface area contributed by atoms with Gasteiger partial charge in [0, 0.05) is 25.2 Å². The number of carbonyl (C=O) groups excluding carboxylic acids is 1. The molecule has 0 aromatic heterocycles. The monoisotopic (exact) mass is 311 g/mol. The molecule has 2 atom stereocenters. The third-order valence-electron chi connectivity index (χ3n) is 4.12. The topological polar surface area (TPSA) is 58.4 Å². The molecule has 0 spiro atoms. The van der Waals surface area contributed by atoms with E-state index in [0.29, 0.717) is 6.04 Å². The number of rotatable bonds is 4. The summed E-state index contributed by atoms with van der Waals surface area (Å²) in [6.07, 6.45) is 1.99. The SMILES string of the molecule is CC(N)C(=O)NC1CCN(C(C)c2ccccc2)CC1.Cl. The van der Waals surface area contributed by atoms with Crippen molar-refractivity contribution >= 4 is 18.3 Å². The van der Waals surface area contributed by atoms with E-state index in [1.54, 1.807) is 6.92 Å². The van der Waals surface area contributed by atoms with Gasteiger partial charge in [-0.3, -0.25) is 9.69 Å². The number of benzene rings is 1. The van der Waals surface area contributed by atoms with Crippen LogP contribution < -0.4 is 11.1 Å². The van der Waals surface area contributed by atoms with Crippen molar-refractivity contribution in [3.8, 4) is 0 Å². The molecule has 1 heterocycles. The molecular formula is C16H26ClN3O. The smallest absolute Gasteiger partial charge is 0.236 e. The minimum Gasteiger partial charge on any atom is -0.352 e. The highest BCUT2D eigenvalue weighted by Gasteiger charge is 2.24. The molecular weight excluding hydrogens is 286 g/mol. The van der Waals surface area contributed by atoms with E-state index in [1.165, 1.54) is 5.56 Å². The van der Waals surface area contributed by atoms with Crippen molar-refractivity contribution in [3.05, 3.63) is 35.9 Å². The van der Waals surface area contributed by atoms with Gasteiger partial charge in [-0.25, -0.2) is 0 Å². The van der Waals surface area contributed by atoms with Crippen molar-refractivity contribution in [3.63, 3.8) is 0 Å². The summed E-state index contributed by atoms with van der Waals surface area (Å²) in [5, 5.41) is 3.03. The number of hydrogen-bond acceptors (Lipinski definition) is 3. The summed E-state index contributed by atoms with van der Waals surface area (Å²) in [5.41, 5.74) is 6.93. The fraction of sp³-hybridized carbons (Fsp3) is 0.562. The van der Waals surface area contributed by atoms with Crippen LogP contribution in [0.5, 0.6) is 0 Å². The minimum atomic E-state index is -0.420. The van der Waals surface area contributed by atoms with Crippen molar-refractivity contribution in [1.82, 2.24) is 10.2 Å². The average Bonchev–Trinajstić information content (AvgIpc) is 2.48. The third kappa shape index (κ3) is 4.99. The molecule has 1 aliphatic heterocycles. The summed E-state index contributed by atoms with van der Waals surface area (Å²) < 4.78 is 0. The van der Waals surface area contributed by atoms with Gasteiger partial charge in [-0.05, 0) is 32.3 Å². The molecule has 2 rings (SSSR count). The summed E-state index contributed by atoms with van der Waals surface area (Å²) in [7, 11) is 0. The summed E-state index contributed by atoms with van der Waals surface area (Å²) in [6.45, 7) is 6.00. The van der Waals surface area contributed by atoms with E-state index in [4.69, 9.17) is 5.73 Å². The Kier molecular flexibility index (Phi) is 7.15. The minimum absolute atomic E-state index is 0. The average molecular weight is 312 g/mol. The van der Waals surface area contributed by atoms with E-state index in [2.05, 4.69) is 41.4 Å². The van der Waals surface area contributed by atoms with Crippen molar-refractivity contribution in [1.29, 1.82) is 0 Å². The fourth-order valence-electron chi connectivity index (χ4n) is 2.71. The summed E-state index contributed by atoms with van der Waals surface area (Å²) >= 11 is 0. The van der Waals surface area contributed by atoms with Gasteiger partial charge in [0.2, 0.25) is 5.91 Å². The van der Waals surface area contributed by atoms with E-state index < -0.39 is 6.04 Å². The van der Waals surface area contributed by atoms with Crippen LogP contribution >= 0.6 is 12.4 Å². The lowest BCUT2D eigenvalue weighted by Gasteiger charge is -2.36. The molecule has 2 unspecified atom stereocenters. The summed E-state index contributed by atoms with van der Waals surface area (Å²) in [6, 6.07) is 10.9. The van der Waals surface area contributed by atoms with Crippen LogP contribution in [0.15, 0.2) is 30.3 Å². The molecule has 0 radical (unpaired) electrons. The zero-order valence-corrected chi connectivity index (χ0v) is 13.6. The molecule has 118 valence electrons. The highest BCUT2D eigenvalue weighted by Crippen LogP contribution is 2.23. The number of nitrogens with zero attached hydrogens (tertiary/aromatic N) is 1. The van der Waals surface area contributed by atoms with Crippen LogP contribution in [0.2, 0.25) is 0 Å². The number of carbonyl (C=O) groups is 1. The van der Waals surface area contributed by atoms with Crippen molar-refractivity contribution < 1.29 is 4.79 Å². The first-order chi connectivity index (χ1) is 9.58. The number of piperidine rings is 1. The molecule has 4 nitrogen and oxygen atoms in total. The van der Waals surface area contributed by atoms with Crippen LogP contribution in [0.3, 0.4) is 0 Å². The second-order valence-corrected chi connectivity index (χ2v) is 5.69. The van der Waals surface area contributed by atoms with E-state index in [1.807, 2.05) is 6.07 Å². The maximum absolute atomic E-state index is 11.6. The second-order valence-electron chi connectivity index (χ2n) is 5.69. The molecule has 1 aromatic rings. The van der Waals surface area contributed by atoms with Crippen LogP contribution in [0.1, 0.15) is 38.3 Å². The molecule has 0 aliphatic carbocycles. The molecule has 0 saturated carbocycles. The van der Waals surface area contributed by atoms with Gasteiger partial charge in [0.05, 0.1) is 6.04 Å². The van der Waals surface area contributed by atoms with Gasteiger partial charge in [-0.1, -0.05) is 30.3 Å². The molecule has 1 amide bonds. The molecule has 21 heavy (non-hydrogen) atoms. The summed E-state index contributed by atoms with van der Waals surface area (Å²) in [5.74, 6) is -0.0421. The van der Waals surface area contributed by atoms with Crippen molar-refractivity contribution in [2.75, 3.05) is 13.1 Å². The highest BCUT2D eigenvalue weighted by molar-refractivity contribution is 5.85. The number of hydrogen-bond donors (Lipinski definition) is 2. The molecule has 0 bridgehead atoms. The first kappa shape index (κ1) is 18.0. The van der Waals surface area contributed by atoms with E-state index in [-0.39, 0.29) is 24.4 Å². The number of halogens is 1. The zero-order chi connectivity index (χ0) is 14.5.